The zero-order valence-electron chi connectivity index (χ0n) is 21.0. The Morgan fingerprint density at radius 2 is 1.47 bits per heavy atom. The number of piperazine rings is 1. The average molecular weight is 519 g/mol. The van der Waals surface area contributed by atoms with E-state index in [-0.39, 0.29) is 23.2 Å². The highest BCUT2D eigenvalue weighted by Gasteiger charge is 2.24. The molecule has 0 atom stereocenters. The van der Waals surface area contributed by atoms with Crippen LogP contribution in [0.2, 0.25) is 0 Å². The molecule has 2 heterocycles. The largest absolute Gasteiger partial charge is 0.345 e. The number of aromatic nitrogens is 2. The van der Waals surface area contributed by atoms with Crippen molar-refractivity contribution >= 4 is 35.3 Å². The minimum absolute atomic E-state index is 0.112. The van der Waals surface area contributed by atoms with Crippen LogP contribution in [-0.4, -0.2) is 83.0 Å². The lowest BCUT2D eigenvalue weighted by Crippen LogP contribution is -2.49. The summed E-state index contributed by atoms with van der Waals surface area (Å²) in [5.41, 5.74) is 3.94. The first-order valence-electron chi connectivity index (χ1n) is 11.9. The van der Waals surface area contributed by atoms with E-state index in [4.69, 9.17) is 5.21 Å². The molecule has 4 rings (SSSR count). The first-order valence-corrected chi connectivity index (χ1v) is 11.9. The van der Waals surface area contributed by atoms with E-state index < -0.39 is 5.91 Å². The van der Waals surface area contributed by atoms with Gasteiger partial charge in [-0.3, -0.25) is 19.6 Å². The highest BCUT2D eigenvalue weighted by molar-refractivity contribution is 6.24. The molecule has 3 amide bonds. The fourth-order valence-electron chi connectivity index (χ4n) is 3.99. The Morgan fingerprint density at radius 3 is 2.03 bits per heavy atom. The Labute approximate surface area is 219 Å². The van der Waals surface area contributed by atoms with Crippen LogP contribution in [0.25, 0.3) is 11.6 Å². The summed E-state index contributed by atoms with van der Waals surface area (Å²) < 4.78 is 13.4. The van der Waals surface area contributed by atoms with E-state index in [2.05, 4.69) is 9.97 Å². The average Bonchev–Trinajstić information content (AvgIpc) is 2.95. The van der Waals surface area contributed by atoms with Gasteiger partial charge >= 0.3 is 0 Å². The molecule has 10 nitrogen and oxygen atoms in total. The van der Waals surface area contributed by atoms with Crippen LogP contribution in [0.3, 0.4) is 0 Å². The second-order valence-electron chi connectivity index (χ2n) is 8.88. The van der Waals surface area contributed by atoms with Crippen molar-refractivity contribution in [3.05, 3.63) is 89.0 Å². The van der Waals surface area contributed by atoms with Crippen molar-refractivity contribution in [3.8, 4) is 0 Å². The third kappa shape index (κ3) is 6.01. The van der Waals surface area contributed by atoms with Crippen LogP contribution in [0.15, 0.2) is 60.9 Å². The van der Waals surface area contributed by atoms with Gasteiger partial charge in [0.1, 0.15) is 5.82 Å². The smallest absolute Gasteiger partial charge is 0.277 e. The van der Waals surface area contributed by atoms with Gasteiger partial charge in [-0.05, 0) is 41.5 Å². The lowest BCUT2D eigenvalue weighted by atomic mass is 10.0. The van der Waals surface area contributed by atoms with Gasteiger partial charge in [0, 0.05) is 63.8 Å². The number of hydrogen-bond donors (Lipinski definition) is 2. The summed E-state index contributed by atoms with van der Waals surface area (Å²) >= 11 is 0. The van der Waals surface area contributed by atoms with Gasteiger partial charge in [-0.15, -0.1) is 0 Å². The third-order valence-corrected chi connectivity index (χ3v) is 6.11. The Kier molecular flexibility index (Phi) is 8.07. The maximum Gasteiger partial charge on any atom is 0.277 e. The van der Waals surface area contributed by atoms with Gasteiger partial charge < -0.3 is 14.7 Å². The highest BCUT2D eigenvalue weighted by atomic mass is 19.1. The van der Waals surface area contributed by atoms with Gasteiger partial charge in [0.05, 0.1) is 5.56 Å². The first-order chi connectivity index (χ1) is 18.3. The number of carbonyl (C=O) groups excluding carboxylic acids is 3. The molecular weight excluding hydrogens is 491 g/mol. The van der Waals surface area contributed by atoms with Crippen LogP contribution in [0.1, 0.15) is 31.8 Å². The Hall–Kier alpha value is -4.64. The van der Waals surface area contributed by atoms with Crippen molar-refractivity contribution in [1.29, 1.82) is 0 Å². The number of rotatable bonds is 6. The van der Waals surface area contributed by atoms with E-state index >= 15 is 0 Å². The molecule has 2 aromatic carbocycles. The maximum atomic E-state index is 13.4. The summed E-state index contributed by atoms with van der Waals surface area (Å²) in [4.78, 5) is 50.7. The molecule has 1 aliphatic rings. The molecule has 1 fully saturated rings. The fraction of sp³-hybridized carbons (Fsp3) is 0.222. The third-order valence-electron chi connectivity index (χ3n) is 6.11. The maximum absolute atomic E-state index is 13.4. The zero-order valence-corrected chi connectivity index (χ0v) is 21.0. The van der Waals surface area contributed by atoms with Gasteiger partial charge in [0.15, 0.2) is 0 Å². The molecule has 0 radical (unpaired) electrons. The van der Waals surface area contributed by atoms with Crippen molar-refractivity contribution < 1.29 is 24.0 Å². The molecule has 0 saturated carbocycles. The molecular formula is C27H27FN6O4. The molecule has 0 bridgehead atoms. The van der Waals surface area contributed by atoms with Gasteiger partial charge in [-0.2, -0.15) is 0 Å². The summed E-state index contributed by atoms with van der Waals surface area (Å²) in [7, 11) is 3.30. The SMILES string of the molecule is CN(C)C(=O)C(=Cc1ccc(C(=O)N2CCN(c3ncc(C(=O)NO)cn3)CC2)cc1)c1ccc(F)cc1. The number of hydrogen-bond acceptors (Lipinski definition) is 7. The van der Waals surface area contributed by atoms with Crippen molar-refractivity contribution in [3.63, 3.8) is 0 Å². The molecule has 2 N–H and O–H groups in total. The van der Waals surface area contributed by atoms with Gasteiger partial charge in [-0.1, -0.05) is 24.3 Å². The van der Waals surface area contributed by atoms with E-state index in [1.165, 1.54) is 34.9 Å². The lowest BCUT2D eigenvalue weighted by molar-refractivity contribution is -0.122. The topological polar surface area (TPSA) is 119 Å². The highest BCUT2D eigenvalue weighted by Crippen LogP contribution is 2.22. The summed E-state index contributed by atoms with van der Waals surface area (Å²) in [5.74, 6) is -0.966. The monoisotopic (exact) mass is 518 g/mol. The quantitative estimate of drug-likeness (QED) is 0.223. The number of nitrogens with one attached hydrogen (secondary N) is 1. The van der Waals surface area contributed by atoms with Crippen LogP contribution >= 0.6 is 0 Å². The predicted molar refractivity (Wildman–Crippen MR) is 139 cm³/mol. The molecule has 1 aliphatic heterocycles. The molecule has 38 heavy (non-hydrogen) atoms. The van der Waals surface area contributed by atoms with Crippen molar-refractivity contribution in [2.75, 3.05) is 45.2 Å². The molecule has 0 spiro atoms. The number of likely N-dealkylation sites (N-methyl/N-ethyl adjacent to an activating group) is 1. The van der Waals surface area contributed by atoms with Crippen LogP contribution < -0.4 is 10.4 Å². The first kappa shape index (κ1) is 26.4. The van der Waals surface area contributed by atoms with Crippen LogP contribution in [0, 0.1) is 5.82 Å². The number of nitrogens with zero attached hydrogens (tertiary/aromatic N) is 5. The molecule has 0 unspecified atom stereocenters. The van der Waals surface area contributed by atoms with E-state index in [1.54, 1.807) is 61.5 Å². The molecule has 1 saturated heterocycles. The van der Waals surface area contributed by atoms with E-state index in [0.717, 1.165) is 5.56 Å². The van der Waals surface area contributed by atoms with Crippen molar-refractivity contribution in [2.24, 2.45) is 0 Å². The number of anilines is 1. The molecule has 3 aromatic rings. The Morgan fingerprint density at radius 1 is 0.895 bits per heavy atom. The van der Waals surface area contributed by atoms with Gasteiger partial charge in [0.25, 0.3) is 17.7 Å². The minimum Gasteiger partial charge on any atom is -0.345 e. The number of amides is 3. The molecule has 0 aliphatic carbocycles. The molecule has 1 aromatic heterocycles. The standard InChI is InChI=1S/C27H27FN6O4/c1-32(2)26(37)23(19-7-9-22(28)10-8-19)15-18-3-5-20(6-4-18)25(36)33-11-13-34(14-12-33)27-29-16-21(17-30-27)24(35)31-38/h3-10,15-17,38H,11-14H2,1-2H3,(H,31,35). The van der Waals surface area contributed by atoms with E-state index in [1.807, 2.05) is 4.90 Å². The Bertz CT molecular complexity index is 1330. The van der Waals surface area contributed by atoms with Crippen LogP contribution in [0.5, 0.6) is 0 Å². The summed E-state index contributed by atoms with van der Waals surface area (Å²) in [6, 6.07) is 12.7. The second kappa shape index (κ2) is 11.6. The summed E-state index contributed by atoms with van der Waals surface area (Å²) in [6.07, 6.45) is 4.38. The summed E-state index contributed by atoms with van der Waals surface area (Å²) in [5, 5.41) is 8.70. The van der Waals surface area contributed by atoms with Crippen LogP contribution in [-0.2, 0) is 4.79 Å². The summed E-state index contributed by atoms with van der Waals surface area (Å²) in [6.45, 7) is 1.97. The zero-order chi connectivity index (χ0) is 27.2. The van der Waals surface area contributed by atoms with E-state index in [0.29, 0.717) is 48.8 Å². The molecule has 196 valence electrons. The minimum atomic E-state index is -0.690. The number of carbonyl (C=O) groups is 3. The van der Waals surface area contributed by atoms with Gasteiger partial charge in [0.2, 0.25) is 5.95 Å². The lowest BCUT2D eigenvalue weighted by Gasteiger charge is -2.34. The predicted octanol–water partition coefficient (Wildman–Crippen LogP) is 2.33. The Balaban J connectivity index is 1.42. The van der Waals surface area contributed by atoms with Crippen molar-refractivity contribution in [2.45, 2.75) is 0 Å². The van der Waals surface area contributed by atoms with E-state index in [9.17, 15) is 18.8 Å². The number of hydroxylamine groups is 1. The van der Waals surface area contributed by atoms with Crippen molar-refractivity contribution in [1.82, 2.24) is 25.2 Å². The van der Waals surface area contributed by atoms with Gasteiger partial charge in [-0.25, -0.2) is 19.8 Å². The van der Waals surface area contributed by atoms with Crippen LogP contribution in [0.4, 0.5) is 10.3 Å². The number of halogens is 1. The second-order valence-corrected chi connectivity index (χ2v) is 8.88. The molecule has 11 heteroatoms. The fourth-order valence-corrected chi connectivity index (χ4v) is 3.99. The normalized spacial score (nSPS) is 13.7. The number of benzene rings is 2.